The molecule has 0 saturated heterocycles. The molecule has 2 aromatic carbocycles. The average Bonchev–Trinajstić information content (AvgIpc) is 2.61. The number of pyridine rings is 1. The second-order valence-electron chi connectivity index (χ2n) is 6.26. The van der Waals surface area contributed by atoms with E-state index in [0.717, 1.165) is 23.9 Å². The quantitative estimate of drug-likeness (QED) is 0.651. The number of aromatic amines is 1. The maximum absolute atomic E-state index is 14.2. The summed E-state index contributed by atoms with van der Waals surface area (Å²) in [6.45, 7) is 1.93. The van der Waals surface area contributed by atoms with Crippen LogP contribution in [0.25, 0.3) is 10.9 Å². The predicted molar refractivity (Wildman–Crippen MR) is 96.4 cm³/mol. The number of rotatable bonds is 2. The molecule has 3 nitrogen and oxygen atoms in total. The van der Waals surface area contributed by atoms with E-state index in [1.165, 1.54) is 0 Å². The first-order valence-electron chi connectivity index (χ1n) is 8.02. The summed E-state index contributed by atoms with van der Waals surface area (Å²) < 4.78 is 28.3. The molecule has 25 heavy (non-hydrogen) atoms. The van der Waals surface area contributed by atoms with Crippen LogP contribution in [0.5, 0.6) is 0 Å². The fraction of sp³-hybridized carbons (Fsp3) is 0.211. The van der Waals surface area contributed by atoms with Crippen LogP contribution in [0, 0.1) is 11.6 Å². The lowest BCUT2D eigenvalue weighted by atomic mass is 10.0. The standard InChI is InChI=1S/C19H15BrF2N2O/c20-13-8-14(21)17(22)16-18(13)23-15-6-7-24(10-12(15)19(16)25)9-11-4-2-1-3-5-11/h1-5,8H,6-7,9-10H2,(H,23,25). The van der Waals surface area contributed by atoms with Crippen LogP contribution in [0.4, 0.5) is 8.78 Å². The van der Waals surface area contributed by atoms with Gasteiger partial charge >= 0.3 is 0 Å². The molecule has 0 fully saturated rings. The van der Waals surface area contributed by atoms with Crippen molar-refractivity contribution in [3.63, 3.8) is 0 Å². The van der Waals surface area contributed by atoms with Gasteiger partial charge in [-0.1, -0.05) is 30.3 Å². The molecule has 0 unspecified atom stereocenters. The van der Waals surface area contributed by atoms with Crippen molar-refractivity contribution in [3.8, 4) is 0 Å². The third kappa shape index (κ3) is 2.89. The maximum Gasteiger partial charge on any atom is 0.197 e. The highest BCUT2D eigenvalue weighted by molar-refractivity contribution is 9.10. The van der Waals surface area contributed by atoms with Crippen molar-refractivity contribution < 1.29 is 8.78 Å². The molecule has 1 aromatic heterocycles. The molecular weight excluding hydrogens is 390 g/mol. The van der Waals surface area contributed by atoms with Crippen molar-refractivity contribution in [1.82, 2.24) is 9.88 Å². The fourth-order valence-electron chi connectivity index (χ4n) is 3.37. The van der Waals surface area contributed by atoms with Gasteiger partial charge < -0.3 is 4.98 Å². The van der Waals surface area contributed by atoms with Crippen LogP contribution in [0.3, 0.4) is 0 Å². The lowest BCUT2D eigenvalue weighted by molar-refractivity contribution is 0.243. The SMILES string of the molecule is O=c1c2c([nH]c3c(Br)cc(F)c(F)c13)CCN(Cc1ccccc1)C2. The fourth-order valence-corrected chi connectivity index (χ4v) is 3.87. The Labute approximate surface area is 151 Å². The number of benzene rings is 2. The van der Waals surface area contributed by atoms with Crippen molar-refractivity contribution >= 4 is 26.8 Å². The highest BCUT2D eigenvalue weighted by Crippen LogP contribution is 2.28. The van der Waals surface area contributed by atoms with Gasteiger partial charge in [0.25, 0.3) is 0 Å². The molecule has 0 saturated carbocycles. The van der Waals surface area contributed by atoms with E-state index in [0.29, 0.717) is 35.1 Å². The van der Waals surface area contributed by atoms with E-state index < -0.39 is 17.1 Å². The van der Waals surface area contributed by atoms with Gasteiger partial charge in [0.05, 0.1) is 10.9 Å². The first-order valence-corrected chi connectivity index (χ1v) is 8.81. The minimum Gasteiger partial charge on any atom is -0.357 e. The summed E-state index contributed by atoms with van der Waals surface area (Å²) in [5.41, 5.74) is 2.36. The van der Waals surface area contributed by atoms with E-state index >= 15 is 0 Å². The first-order chi connectivity index (χ1) is 12.0. The summed E-state index contributed by atoms with van der Waals surface area (Å²) >= 11 is 3.21. The van der Waals surface area contributed by atoms with Crippen LogP contribution in [-0.4, -0.2) is 16.4 Å². The van der Waals surface area contributed by atoms with Crippen LogP contribution in [0.1, 0.15) is 16.8 Å². The molecule has 1 aliphatic heterocycles. The smallest absolute Gasteiger partial charge is 0.197 e. The van der Waals surface area contributed by atoms with Crippen LogP contribution in [0.15, 0.2) is 45.7 Å². The molecule has 0 bridgehead atoms. The van der Waals surface area contributed by atoms with Gasteiger partial charge in [-0.25, -0.2) is 8.78 Å². The summed E-state index contributed by atoms with van der Waals surface area (Å²) in [7, 11) is 0. The van der Waals surface area contributed by atoms with Crippen molar-refractivity contribution in [2.75, 3.05) is 6.54 Å². The zero-order chi connectivity index (χ0) is 17.6. The Hall–Kier alpha value is -2.05. The molecule has 1 aliphatic rings. The van der Waals surface area contributed by atoms with Crippen molar-refractivity contribution in [1.29, 1.82) is 0 Å². The summed E-state index contributed by atoms with van der Waals surface area (Å²) in [6.07, 6.45) is 0.665. The maximum atomic E-state index is 14.2. The highest BCUT2D eigenvalue weighted by Gasteiger charge is 2.24. The summed E-state index contributed by atoms with van der Waals surface area (Å²) in [4.78, 5) is 18.1. The lowest BCUT2D eigenvalue weighted by Crippen LogP contribution is -2.34. The molecule has 0 radical (unpaired) electrons. The Morgan fingerprint density at radius 1 is 1.20 bits per heavy atom. The normalized spacial score (nSPS) is 14.7. The first kappa shape index (κ1) is 16.4. The summed E-state index contributed by atoms with van der Waals surface area (Å²) in [5, 5.41) is -0.216. The predicted octanol–water partition coefficient (Wildman–Crippen LogP) is 4.13. The lowest BCUT2D eigenvalue weighted by Gasteiger charge is -2.28. The minimum atomic E-state index is -1.09. The van der Waals surface area contributed by atoms with E-state index in [1.807, 2.05) is 30.3 Å². The Morgan fingerprint density at radius 3 is 2.72 bits per heavy atom. The largest absolute Gasteiger partial charge is 0.357 e. The van der Waals surface area contributed by atoms with Crippen molar-refractivity contribution in [2.45, 2.75) is 19.5 Å². The van der Waals surface area contributed by atoms with Gasteiger partial charge in [0.15, 0.2) is 17.1 Å². The zero-order valence-corrected chi connectivity index (χ0v) is 14.9. The molecule has 4 rings (SSSR count). The Balaban J connectivity index is 1.77. The number of fused-ring (bicyclic) bond motifs is 2. The third-order valence-electron chi connectivity index (χ3n) is 4.62. The number of halogens is 3. The third-order valence-corrected chi connectivity index (χ3v) is 5.25. The van der Waals surface area contributed by atoms with Crippen LogP contribution in [-0.2, 0) is 19.5 Å². The minimum absolute atomic E-state index is 0.216. The molecule has 128 valence electrons. The second-order valence-corrected chi connectivity index (χ2v) is 7.12. The molecule has 0 amide bonds. The topological polar surface area (TPSA) is 36.1 Å². The number of nitrogens with zero attached hydrogens (tertiary/aromatic N) is 1. The van der Waals surface area contributed by atoms with Gasteiger partial charge in [-0.2, -0.15) is 0 Å². The molecule has 0 atom stereocenters. The van der Waals surface area contributed by atoms with Gasteiger partial charge in [-0.15, -0.1) is 0 Å². The van der Waals surface area contributed by atoms with Gasteiger partial charge in [0.1, 0.15) is 0 Å². The number of nitrogens with one attached hydrogen (secondary N) is 1. The molecule has 3 aromatic rings. The van der Waals surface area contributed by atoms with Crippen LogP contribution < -0.4 is 5.43 Å². The van der Waals surface area contributed by atoms with Crippen LogP contribution >= 0.6 is 15.9 Å². The Kier molecular flexibility index (Phi) is 4.17. The number of hydrogen-bond donors (Lipinski definition) is 1. The van der Waals surface area contributed by atoms with Crippen molar-refractivity contribution in [3.05, 3.63) is 79.5 Å². The van der Waals surface area contributed by atoms with E-state index in [-0.39, 0.29) is 5.39 Å². The van der Waals surface area contributed by atoms with E-state index in [1.54, 1.807) is 0 Å². The molecule has 0 spiro atoms. The number of aromatic nitrogens is 1. The van der Waals surface area contributed by atoms with Gasteiger partial charge in [0, 0.05) is 41.8 Å². The van der Waals surface area contributed by atoms with Crippen molar-refractivity contribution in [2.24, 2.45) is 0 Å². The molecule has 1 N–H and O–H groups in total. The molecular formula is C19H15BrF2N2O. The zero-order valence-electron chi connectivity index (χ0n) is 13.3. The van der Waals surface area contributed by atoms with Gasteiger partial charge in [-0.3, -0.25) is 9.69 Å². The van der Waals surface area contributed by atoms with E-state index in [9.17, 15) is 13.6 Å². The van der Waals surface area contributed by atoms with Gasteiger partial charge in [-0.05, 0) is 27.6 Å². The van der Waals surface area contributed by atoms with E-state index in [4.69, 9.17) is 0 Å². The summed E-state index contributed by atoms with van der Waals surface area (Å²) in [6, 6.07) is 11.0. The Morgan fingerprint density at radius 2 is 1.96 bits per heavy atom. The summed E-state index contributed by atoms with van der Waals surface area (Å²) in [5.74, 6) is -2.12. The second kappa shape index (κ2) is 6.35. The molecule has 2 heterocycles. The number of H-pyrrole nitrogens is 1. The monoisotopic (exact) mass is 404 g/mol. The average molecular weight is 405 g/mol. The molecule has 6 heteroatoms. The highest BCUT2D eigenvalue weighted by atomic mass is 79.9. The number of hydrogen-bond acceptors (Lipinski definition) is 2. The van der Waals surface area contributed by atoms with E-state index in [2.05, 4.69) is 25.8 Å². The van der Waals surface area contributed by atoms with Gasteiger partial charge in [0.2, 0.25) is 0 Å². The molecule has 0 aliphatic carbocycles. The Bertz CT molecular complexity index is 1020. The van der Waals surface area contributed by atoms with Crippen LogP contribution in [0.2, 0.25) is 0 Å².